The number of nitrogens with one attached hydrogen (secondary N) is 2. The molecule has 54 heavy (non-hydrogen) atoms. The summed E-state index contributed by atoms with van der Waals surface area (Å²) in [6.45, 7) is 0. The summed E-state index contributed by atoms with van der Waals surface area (Å²) in [7, 11) is -5.38. The van der Waals surface area contributed by atoms with Gasteiger partial charge in [-0.2, -0.15) is 0 Å². The van der Waals surface area contributed by atoms with Crippen molar-refractivity contribution in [3.63, 3.8) is 0 Å². The number of sulfonamides is 2. The number of amides is 2. The van der Waals surface area contributed by atoms with Gasteiger partial charge >= 0.3 is 11.9 Å². The van der Waals surface area contributed by atoms with Gasteiger partial charge in [0.1, 0.15) is 11.6 Å². The number of carboxylic acids is 2. The summed E-state index contributed by atoms with van der Waals surface area (Å²) in [5.74, 6) is -3.97. The molecule has 2 aromatic heterocycles. The third-order valence-corrected chi connectivity index (χ3v) is 11.1. The summed E-state index contributed by atoms with van der Waals surface area (Å²) in [5, 5.41) is 41.5. The fourth-order valence-electron chi connectivity index (χ4n) is 4.80. The minimum Gasteiger partial charge on any atom is -0.505 e. The van der Waals surface area contributed by atoms with E-state index in [2.05, 4.69) is 20.6 Å². The molecule has 0 spiro atoms. The third-order valence-electron chi connectivity index (χ3n) is 7.44. The minimum absolute atomic E-state index is 0.0469. The molecule has 0 saturated heterocycles. The van der Waals surface area contributed by atoms with Crippen molar-refractivity contribution in [2.24, 2.45) is 0 Å². The molecule has 2 aliphatic rings. The maximum absolute atomic E-state index is 12.5. The summed E-state index contributed by atoms with van der Waals surface area (Å²) in [6.07, 6.45) is 2.38. The van der Waals surface area contributed by atoms with E-state index in [4.69, 9.17) is 10.2 Å². The van der Waals surface area contributed by atoms with Crippen LogP contribution in [0.15, 0.2) is 119 Å². The Labute approximate surface area is 308 Å². The van der Waals surface area contributed by atoms with Gasteiger partial charge in [-0.3, -0.25) is 27.8 Å². The van der Waals surface area contributed by atoms with E-state index in [0.717, 1.165) is 8.61 Å². The second-order valence-corrected chi connectivity index (χ2v) is 14.8. The second kappa shape index (κ2) is 16.7. The summed E-state index contributed by atoms with van der Waals surface area (Å²) in [6, 6.07) is 21.8. The number of rotatable bonds is 7. The van der Waals surface area contributed by atoms with Crippen LogP contribution in [0.4, 0.5) is 11.6 Å². The molecule has 0 aliphatic carbocycles. The van der Waals surface area contributed by atoms with Crippen molar-refractivity contribution in [1.29, 1.82) is 0 Å². The number of carbonyl (C=O) groups excluding carboxylic acids is 2. The van der Waals surface area contributed by atoms with E-state index in [1.54, 1.807) is 60.7 Å². The number of carboxylic acid groups (broad SMARTS) is 2. The van der Waals surface area contributed by atoms with Gasteiger partial charge in [-0.05, 0) is 48.5 Å². The number of aliphatic carboxylic acids is 2. The molecule has 0 unspecified atom stereocenters. The number of carbonyl (C=O) groups is 4. The lowest BCUT2D eigenvalue weighted by Gasteiger charge is -2.28. The maximum Gasteiger partial charge on any atom is 0.303 e. The highest BCUT2D eigenvalue weighted by Gasteiger charge is 2.39. The van der Waals surface area contributed by atoms with Crippen LogP contribution in [0.1, 0.15) is 24.0 Å². The first-order valence-corrected chi connectivity index (χ1v) is 18.3. The molecule has 0 fully saturated rings. The molecule has 18 nitrogen and oxygen atoms in total. The predicted molar refractivity (Wildman–Crippen MR) is 192 cm³/mol. The van der Waals surface area contributed by atoms with Gasteiger partial charge in [0.2, 0.25) is 0 Å². The number of aromatic nitrogens is 2. The van der Waals surface area contributed by atoms with E-state index >= 15 is 0 Å². The Morgan fingerprint density at radius 2 is 0.907 bits per heavy atom. The quantitative estimate of drug-likeness (QED) is 0.157. The standard InChI is InChI=1S/2C15H13N3O4S.C4H6O4/c2*1-18-13(15(20)17-12-8-4-5-9-16-12)14(19)10-6-2-3-7-11(10)23(18,21)22;5-3(6)1-2-4(7)8/h2*2-9,19H,1H3,(H,16,17,20);1-2H2,(H,5,6)(H,7,8). The van der Waals surface area contributed by atoms with E-state index in [-0.39, 0.29) is 56.8 Å². The average Bonchev–Trinajstić information content (AvgIpc) is 3.14. The largest absolute Gasteiger partial charge is 0.505 e. The van der Waals surface area contributed by atoms with E-state index in [1.807, 2.05) is 0 Å². The Morgan fingerprint density at radius 1 is 0.574 bits per heavy atom. The zero-order valence-electron chi connectivity index (χ0n) is 28.3. The van der Waals surface area contributed by atoms with Crippen LogP contribution in [-0.2, 0) is 39.2 Å². The second-order valence-electron chi connectivity index (χ2n) is 11.0. The molecular weight excluding hydrogens is 749 g/mol. The van der Waals surface area contributed by atoms with Crippen LogP contribution in [0.5, 0.6) is 0 Å². The third kappa shape index (κ3) is 8.80. The molecule has 2 aromatic carbocycles. The number of fused-ring (bicyclic) bond motifs is 2. The van der Waals surface area contributed by atoms with Gasteiger partial charge in [0.25, 0.3) is 31.9 Å². The Hall–Kier alpha value is -6.80. The number of aliphatic hydroxyl groups excluding tert-OH is 2. The summed E-state index contributed by atoms with van der Waals surface area (Å²) in [4.78, 5) is 51.9. The van der Waals surface area contributed by atoms with Crippen LogP contribution in [0.2, 0.25) is 0 Å². The van der Waals surface area contributed by atoms with Crippen molar-refractivity contribution >= 4 is 67.0 Å². The minimum atomic E-state index is -3.91. The van der Waals surface area contributed by atoms with Crippen molar-refractivity contribution in [3.8, 4) is 0 Å². The van der Waals surface area contributed by atoms with Gasteiger partial charge in [-0.1, -0.05) is 36.4 Å². The van der Waals surface area contributed by atoms with E-state index in [9.17, 15) is 46.2 Å². The van der Waals surface area contributed by atoms with Crippen molar-refractivity contribution in [2.75, 3.05) is 24.7 Å². The molecule has 2 aliphatic heterocycles. The molecule has 20 heteroatoms. The van der Waals surface area contributed by atoms with Crippen LogP contribution in [0.25, 0.3) is 11.5 Å². The van der Waals surface area contributed by atoms with Crippen LogP contribution < -0.4 is 10.6 Å². The summed E-state index contributed by atoms with van der Waals surface area (Å²) >= 11 is 0. The summed E-state index contributed by atoms with van der Waals surface area (Å²) < 4.78 is 51.5. The predicted octanol–water partition coefficient (Wildman–Crippen LogP) is 3.10. The highest BCUT2D eigenvalue weighted by molar-refractivity contribution is 7.89. The van der Waals surface area contributed by atoms with Crippen LogP contribution in [0, 0.1) is 0 Å². The van der Waals surface area contributed by atoms with E-state index in [0.29, 0.717) is 0 Å². The SMILES string of the molecule is CN1C(C(=O)Nc2ccccn2)=C(O)c2ccccc2S1(=O)=O.CN1C(C(=O)Nc2ccccn2)=C(O)c2ccccc2S1(=O)=O.O=C(O)CCC(=O)O. The van der Waals surface area contributed by atoms with Crippen molar-refractivity contribution in [3.05, 3.63) is 120 Å². The van der Waals surface area contributed by atoms with Gasteiger partial charge in [0.05, 0.1) is 22.6 Å². The van der Waals surface area contributed by atoms with Crippen molar-refractivity contribution < 1.29 is 56.4 Å². The molecule has 0 bridgehead atoms. The fraction of sp³-hybridized carbons (Fsp3) is 0.118. The number of nitrogens with zero attached hydrogens (tertiary/aromatic N) is 4. The number of anilines is 2. The molecule has 0 saturated carbocycles. The Balaban J connectivity index is 0.000000201. The van der Waals surface area contributed by atoms with Crippen LogP contribution >= 0.6 is 0 Å². The zero-order valence-corrected chi connectivity index (χ0v) is 29.9. The molecule has 0 radical (unpaired) electrons. The Bertz CT molecular complexity index is 2200. The number of hydrogen-bond acceptors (Lipinski definition) is 12. The smallest absolute Gasteiger partial charge is 0.303 e. The number of pyridine rings is 2. The maximum atomic E-state index is 12.5. The molecule has 2 amide bonds. The van der Waals surface area contributed by atoms with Crippen LogP contribution in [0.3, 0.4) is 0 Å². The van der Waals surface area contributed by atoms with E-state index in [1.165, 1.54) is 50.8 Å². The number of likely N-dealkylation sites (N-methyl/N-ethyl adjacent to an activating group) is 2. The number of aliphatic hydroxyl groups is 2. The Kier molecular flexibility index (Phi) is 12.4. The van der Waals surface area contributed by atoms with Gasteiger partial charge in [0.15, 0.2) is 22.9 Å². The lowest BCUT2D eigenvalue weighted by molar-refractivity contribution is -0.143. The van der Waals surface area contributed by atoms with Crippen molar-refractivity contribution in [1.82, 2.24) is 18.6 Å². The highest BCUT2D eigenvalue weighted by Crippen LogP contribution is 2.36. The molecule has 6 N–H and O–H groups in total. The number of hydrogen-bond donors (Lipinski definition) is 6. The van der Waals surface area contributed by atoms with Gasteiger partial charge in [0, 0.05) is 37.6 Å². The zero-order chi connectivity index (χ0) is 39.8. The molecule has 0 atom stereocenters. The lowest BCUT2D eigenvalue weighted by Crippen LogP contribution is -2.37. The lowest BCUT2D eigenvalue weighted by atomic mass is 10.1. The molecule has 282 valence electrons. The molecule has 4 aromatic rings. The van der Waals surface area contributed by atoms with Gasteiger partial charge in [-0.25, -0.2) is 26.8 Å². The molecular formula is C34H32N6O12S2. The first-order valence-electron chi connectivity index (χ1n) is 15.4. The van der Waals surface area contributed by atoms with Crippen molar-refractivity contribution in [2.45, 2.75) is 22.6 Å². The molecule has 6 rings (SSSR count). The first-order chi connectivity index (χ1) is 25.5. The van der Waals surface area contributed by atoms with E-state index < -0.39 is 55.3 Å². The van der Waals surface area contributed by atoms with Gasteiger partial charge < -0.3 is 31.1 Å². The highest BCUT2D eigenvalue weighted by atomic mass is 32.2. The topological polar surface area (TPSA) is 274 Å². The van der Waals surface area contributed by atoms with Crippen LogP contribution in [-0.4, -0.2) is 93.7 Å². The summed E-state index contributed by atoms with van der Waals surface area (Å²) in [5.41, 5.74) is -0.516. The number of benzene rings is 2. The molecule has 4 heterocycles. The fourth-order valence-corrected chi connectivity index (χ4v) is 7.60. The monoisotopic (exact) mass is 780 g/mol. The normalized spacial score (nSPS) is 14.9. The first kappa shape index (κ1) is 40.0. The Morgan fingerprint density at radius 3 is 1.22 bits per heavy atom. The van der Waals surface area contributed by atoms with Gasteiger partial charge in [-0.15, -0.1) is 0 Å². The average molecular weight is 781 g/mol.